The van der Waals surface area contributed by atoms with Gasteiger partial charge in [-0.25, -0.2) is 4.39 Å². The van der Waals surface area contributed by atoms with Gasteiger partial charge in [0, 0.05) is 13.1 Å². The highest BCUT2D eigenvalue weighted by atomic mass is 19.1. The van der Waals surface area contributed by atoms with Gasteiger partial charge in [-0.05, 0) is 31.9 Å². The topological polar surface area (TPSA) is 29.3 Å². The molecule has 1 aromatic carbocycles. The summed E-state index contributed by atoms with van der Waals surface area (Å²) in [5, 5.41) is 0. The average Bonchev–Trinajstić information content (AvgIpc) is 3.03. The molecule has 1 aromatic rings. The summed E-state index contributed by atoms with van der Waals surface area (Å²) in [5.74, 6) is -0.154. The van der Waals surface area contributed by atoms with Crippen LogP contribution in [-0.4, -0.2) is 18.6 Å². The van der Waals surface area contributed by atoms with Crippen LogP contribution in [0.4, 0.5) is 10.1 Å². The van der Waals surface area contributed by atoms with Crippen molar-refractivity contribution in [2.24, 2.45) is 5.73 Å². The average molecular weight is 208 g/mol. The third-order valence-corrected chi connectivity index (χ3v) is 3.24. The normalized spacial score (nSPS) is 17.5. The maximum atomic E-state index is 13.6. The Bertz CT molecular complexity index is 347. The Labute approximate surface area is 89.9 Å². The van der Waals surface area contributed by atoms with Gasteiger partial charge in [-0.2, -0.15) is 0 Å². The van der Waals surface area contributed by atoms with Gasteiger partial charge in [0.2, 0.25) is 0 Å². The quantitative estimate of drug-likeness (QED) is 0.821. The van der Waals surface area contributed by atoms with Crippen LogP contribution in [0.3, 0.4) is 0 Å². The maximum absolute atomic E-state index is 13.6. The molecule has 0 atom stereocenters. The molecule has 0 saturated heterocycles. The predicted molar refractivity (Wildman–Crippen MR) is 60.4 cm³/mol. The standard InChI is InChI=1S/C12H17FN2/c1-2-15(12(9-14)7-8-12)11-6-4-3-5-10(11)13/h3-6H,2,7-9,14H2,1H3. The van der Waals surface area contributed by atoms with Crippen LogP contribution in [0, 0.1) is 5.82 Å². The zero-order valence-electron chi connectivity index (χ0n) is 9.04. The van der Waals surface area contributed by atoms with E-state index in [1.54, 1.807) is 6.07 Å². The van der Waals surface area contributed by atoms with Gasteiger partial charge in [0.25, 0.3) is 0 Å². The van der Waals surface area contributed by atoms with Crippen molar-refractivity contribution in [3.63, 3.8) is 0 Å². The van der Waals surface area contributed by atoms with E-state index in [0.29, 0.717) is 12.2 Å². The zero-order valence-corrected chi connectivity index (χ0v) is 9.04. The first-order chi connectivity index (χ1) is 7.23. The van der Waals surface area contributed by atoms with Gasteiger partial charge in [0.05, 0.1) is 11.2 Å². The highest BCUT2D eigenvalue weighted by Gasteiger charge is 2.46. The molecule has 0 unspecified atom stereocenters. The minimum atomic E-state index is -0.154. The molecule has 2 nitrogen and oxygen atoms in total. The van der Waals surface area contributed by atoms with Crippen LogP contribution in [0.5, 0.6) is 0 Å². The molecule has 1 saturated carbocycles. The maximum Gasteiger partial charge on any atom is 0.146 e. The lowest BCUT2D eigenvalue weighted by molar-refractivity contribution is 0.568. The molecule has 0 bridgehead atoms. The van der Waals surface area contributed by atoms with Gasteiger partial charge in [-0.1, -0.05) is 12.1 Å². The number of nitrogens with two attached hydrogens (primary N) is 1. The summed E-state index contributed by atoms with van der Waals surface area (Å²) in [7, 11) is 0. The Morgan fingerprint density at radius 3 is 2.53 bits per heavy atom. The summed E-state index contributed by atoms with van der Waals surface area (Å²) in [6.07, 6.45) is 2.15. The number of likely N-dealkylation sites (N-methyl/N-ethyl adjacent to an activating group) is 1. The Kier molecular flexibility index (Phi) is 2.65. The lowest BCUT2D eigenvalue weighted by atomic mass is 10.1. The number of rotatable bonds is 4. The molecule has 2 rings (SSSR count). The monoisotopic (exact) mass is 208 g/mol. The Balaban J connectivity index is 2.31. The number of hydrogen-bond acceptors (Lipinski definition) is 2. The molecule has 2 N–H and O–H groups in total. The minimum absolute atomic E-state index is 0.0247. The van der Waals surface area contributed by atoms with Gasteiger partial charge in [0.15, 0.2) is 0 Å². The summed E-state index contributed by atoms with van der Waals surface area (Å²) >= 11 is 0. The van der Waals surface area contributed by atoms with Crippen LogP contribution < -0.4 is 10.6 Å². The SMILES string of the molecule is CCN(c1ccccc1F)C1(CN)CC1. The number of para-hydroxylation sites is 1. The van der Waals surface area contributed by atoms with E-state index >= 15 is 0 Å². The van der Waals surface area contributed by atoms with Crippen LogP contribution >= 0.6 is 0 Å². The van der Waals surface area contributed by atoms with Crippen molar-refractivity contribution in [3.8, 4) is 0 Å². The van der Waals surface area contributed by atoms with E-state index in [9.17, 15) is 4.39 Å². The zero-order chi connectivity index (χ0) is 10.9. The van der Waals surface area contributed by atoms with Gasteiger partial charge in [0.1, 0.15) is 5.82 Å². The first-order valence-corrected chi connectivity index (χ1v) is 5.46. The second-order valence-electron chi connectivity index (χ2n) is 4.12. The second-order valence-corrected chi connectivity index (χ2v) is 4.12. The van der Waals surface area contributed by atoms with E-state index in [1.807, 2.05) is 19.1 Å². The van der Waals surface area contributed by atoms with E-state index in [4.69, 9.17) is 5.73 Å². The summed E-state index contributed by atoms with van der Waals surface area (Å²) in [6.45, 7) is 3.45. The first-order valence-electron chi connectivity index (χ1n) is 5.46. The number of hydrogen-bond donors (Lipinski definition) is 1. The second kappa shape index (κ2) is 3.81. The van der Waals surface area contributed by atoms with E-state index in [0.717, 1.165) is 19.4 Å². The summed E-state index contributed by atoms with van der Waals surface area (Å²) in [4.78, 5) is 2.10. The molecule has 0 heterocycles. The van der Waals surface area contributed by atoms with Crippen molar-refractivity contribution in [3.05, 3.63) is 30.1 Å². The predicted octanol–water partition coefficient (Wildman–Crippen LogP) is 2.14. The fourth-order valence-corrected chi connectivity index (χ4v) is 2.16. The van der Waals surface area contributed by atoms with Crippen LogP contribution in [0.15, 0.2) is 24.3 Å². The molecular formula is C12H17FN2. The van der Waals surface area contributed by atoms with Gasteiger partial charge < -0.3 is 10.6 Å². The van der Waals surface area contributed by atoms with Crippen molar-refractivity contribution < 1.29 is 4.39 Å². The van der Waals surface area contributed by atoms with Crippen molar-refractivity contribution in [2.45, 2.75) is 25.3 Å². The smallest absolute Gasteiger partial charge is 0.146 e. The summed E-state index contributed by atoms with van der Waals surface area (Å²) in [6, 6.07) is 6.92. The Hall–Kier alpha value is -1.09. The van der Waals surface area contributed by atoms with E-state index in [2.05, 4.69) is 4.90 Å². The molecule has 1 aliphatic rings. The summed E-state index contributed by atoms with van der Waals surface area (Å²) in [5.41, 5.74) is 6.48. The Morgan fingerprint density at radius 1 is 1.40 bits per heavy atom. The van der Waals surface area contributed by atoms with Gasteiger partial charge in [-0.15, -0.1) is 0 Å². The molecule has 0 aliphatic heterocycles. The molecule has 0 amide bonds. The molecule has 1 fully saturated rings. The number of halogens is 1. The number of benzene rings is 1. The van der Waals surface area contributed by atoms with Gasteiger partial charge in [-0.3, -0.25) is 0 Å². The van der Waals surface area contributed by atoms with Crippen molar-refractivity contribution in [2.75, 3.05) is 18.0 Å². The third-order valence-electron chi connectivity index (χ3n) is 3.24. The Morgan fingerprint density at radius 2 is 2.07 bits per heavy atom. The largest absolute Gasteiger partial charge is 0.362 e. The number of anilines is 1. The molecule has 0 spiro atoms. The van der Waals surface area contributed by atoms with Crippen molar-refractivity contribution in [1.82, 2.24) is 0 Å². The molecule has 3 heteroatoms. The molecule has 0 aromatic heterocycles. The van der Waals surface area contributed by atoms with Crippen LogP contribution in [0.2, 0.25) is 0 Å². The lowest BCUT2D eigenvalue weighted by Crippen LogP contribution is -2.43. The van der Waals surface area contributed by atoms with Crippen LogP contribution in [-0.2, 0) is 0 Å². The van der Waals surface area contributed by atoms with E-state index in [-0.39, 0.29) is 11.4 Å². The summed E-state index contributed by atoms with van der Waals surface area (Å²) < 4.78 is 13.6. The molecule has 82 valence electrons. The molecule has 15 heavy (non-hydrogen) atoms. The minimum Gasteiger partial charge on any atom is -0.362 e. The van der Waals surface area contributed by atoms with Crippen LogP contribution in [0.1, 0.15) is 19.8 Å². The lowest BCUT2D eigenvalue weighted by Gasteiger charge is -2.32. The van der Waals surface area contributed by atoms with Crippen molar-refractivity contribution >= 4 is 5.69 Å². The first kappa shape index (κ1) is 10.4. The van der Waals surface area contributed by atoms with Crippen LogP contribution in [0.25, 0.3) is 0 Å². The van der Waals surface area contributed by atoms with Crippen molar-refractivity contribution in [1.29, 1.82) is 0 Å². The number of nitrogens with zero attached hydrogens (tertiary/aromatic N) is 1. The van der Waals surface area contributed by atoms with Gasteiger partial charge >= 0.3 is 0 Å². The van der Waals surface area contributed by atoms with E-state index < -0.39 is 0 Å². The third kappa shape index (κ3) is 1.72. The molecular weight excluding hydrogens is 191 g/mol. The molecule has 0 radical (unpaired) electrons. The molecule has 1 aliphatic carbocycles. The van der Waals surface area contributed by atoms with E-state index in [1.165, 1.54) is 6.07 Å². The highest BCUT2D eigenvalue weighted by Crippen LogP contribution is 2.43. The highest BCUT2D eigenvalue weighted by molar-refractivity contribution is 5.52. The fourth-order valence-electron chi connectivity index (χ4n) is 2.16. The fraction of sp³-hybridized carbons (Fsp3) is 0.500.